The molecule has 0 unspecified atom stereocenters. The van der Waals surface area contributed by atoms with E-state index in [-0.39, 0.29) is 29.1 Å². The van der Waals surface area contributed by atoms with Crippen LogP contribution in [0.3, 0.4) is 0 Å². The van der Waals surface area contributed by atoms with Crippen molar-refractivity contribution < 1.29 is 27.9 Å². The monoisotopic (exact) mass is 475 g/mol. The molecular formula is C25H28F3N3O3. The summed E-state index contributed by atoms with van der Waals surface area (Å²) in [5.74, 6) is -0.684. The van der Waals surface area contributed by atoms with Crippen molar-refractivity contribution in [3.63, 3.8) is 0 Å². The molecule has 1 aromatic heterocycles. The van der Waals surface area contributed by atoms with Gasteiger partial charge in [-0.25, -0.2) is 0 Å². The summed E-state index contributed by atoms with van der Waals surface area (Å²) in [6.45, 7) is 0.689. The largest absolute Gasteiger partial charge is 0.421 e. The highest BCUT2D eigenvalue weighted by molar-refractivity contribution is 5.95. The van der Waals surface area contributed by atoms with Crippen molar-refractivity contribution in [3.05, 3.63) is 65.5 Å². The minimum atomic E-state index is -4.83. The molecule has 6 nitrogen and oxygen atoms in total. The maximum atomic E-state index is 13.4. The lowest BCUT2D eigenvalue weighted by molar-refractivity contribution is -0.258. The summed E-state index contributed by atoms with van der Waals surface area (Å²) in [6.07, 6.45) is 0.606. The van der Waals surface area contributed by atoms with Crippen LogP contribution in [0.2, 0.25) is 0 Å². The van der Waals surface area contributed by atoms with Crippen LogP contribution in [0.5, 0.6) is 0 Å². The van der Waals surface area contributed by atoms with Crippen molar-refractivity contribution in [2.24, 2.45) is 5.73 Å². The number of aromatic nitrogens is 1. The van der Waals surface area contributed by atoms with Gasteiger partial charge >= 0.3 is 6.18 Å². The SMILES string of the molecule is C[C@](O)(c1ccc(C(=O)N(C2CC2)[C@H]2CC[C@](C(N)=O)(c3ccccn3)CC2)cc1)C(F)(F)F. The molecule has 9 heteroatoms. The van der Waals surface area contributed by atoms with Gasteiger partial charge in [0.25, 0.3) is 5.91 Å². The first-order chi connectivity index (χ1) is 16.0. The normalized spacial score (nSPS) is 24.8. The third-order valence-electron chi connectivity index (χ3n) is 7.25. The Hall–Kier alpha value is -2.94. The maximum Gasteiger partial charge on any atom is 0.421 e. The molecule has 2 saturated carbocycles. The van der Waals surface area contributed by atoms with E-state index in [1.807, 2.05) is 11.0 Å². The zero-order valence-electron chi connectivity index (χ0n) is 18.9. The summed E-state index contributed by atoms with van der Waals surface area (Å²) in [4.78, 5) is 32.0. The summed E-state index contributed by atoms with van der Waals surface area (Å²) in [5, 5.41) is 9.89. The van der Waals surface area contributed by atoms with Crippen molar-refractivity contribution in [2.75, 3.05) is 0 Å². The van der Waals surface area contributed by atoms with Gasteiger partial charge in [0.15, 0.2) is 5.60 Å². The highest BCUT2D eigenvalue weighted by Crippen LogP contribution is 2.43. The van der Waals surface area contributed by atoms with Gasteiger partial charge in [-0.2, -0.15) is 13.2 Å². The van der Waals surface area contributed by atoms with E-state index >= 15 is 0 Å². The van der Waals surface area contributed by atoms with Crippen LogP contribution in [-0.2, 0) is 15.8 Å². The van der Waals surface area contributed by atoms with E-state index in [9.17, 15) is 27.9 Å². The molecule has 3 N–H and O–H groups in total. The average molecular weight is 476 g/mol. The van der Waals surface area contributed by atoms with Crippen LogP contribution in [-0.4, -0.2) is 45.1 Å². The molecule has 1 aromatic carbocycles. The predicted molar refractivity (Wildman–Crippen MR) is 119 cm³/mol. The van der Waals surface area contributed by atoms with E-state index in [2.05, 4.69) is 4.98 Å². The first-order valence-electron chi connectivity index (χ1n) is 11.4. The Balaban J connectivity index is 1.53. The van der Waals surface area contributed by atoms with Gasteiger partial charge in [0.2, 0.25) is 5.91 Å². The van der Waals surface area contributed by atoms with E-state index in [1.165, 1.54) is 12.1 Å². The number of nitrogens with two attached hydrogens (primary N) is 1. The molecule has 2 amide bonds. The number of nitrogens with zero attached hydrogens (tertiary/aromatic N) is 2. The lowest BCUT2D eigenvalue weighted by Crippen LogP contribution is -2.50. The molecule has 0 radical (unpaired) electrons. The smallest absolute Gasteiger partial charge is 0.376 e. The number of pyridine rings is 1. The van der Waals surface area contributed by atoms with Crippen molar-refractivity contribution in [3.8, 4) is 0 Å². The number of amides is 2. The Labute approximate surface area is 196 Å². The van der Waals surface area contributed by atoms with Gasteiger partial charge in [-0.05, 0) is 75.3 Å². The van der Waals surface area contributed by atoms with Crippen LogP contribution < -0.4 is 5.73 Å². The number of rotatable bonds is 6. The molecule has 2 aliphatic rings. The second-order valence-corrected chi connectivity index (χ2v) is 9.48. The summed E-state index contributed by atoms with van der Waals surface area (Å²) in [6, 6.07) is 10.3. The number of halogens is 3. The standard InChI is InChI=1S/C25H28F3N3O3/c1-23(34,25(26,27)28)17-7-5-16(6-8-17)21(32)31(18-9-10-18)19-11-13-24(14-12-19,22(29)33)20-4-2-3-15-30-20/h2-8,15,18-19,34H,9-14H2,1H3,(H2,29,33)/t19-,23-,24+/m0/s1. The quantitative estimate of drug-likeness (QED) is 0.664. The van der Waals surface area contributed by atoms with Gasteiger partial charge in [-0.15, -0.1) is 0 Å². The summed E-state index contributed by atoms with van der Waals surface area (Å²) in [7, 11) is 0. The summed E-state index contributed by atoms with van der Waals surface area (Å²) in [5.41, 5.74) is 2.50. The molecule has 2 aliphatic carbocycles. The Morgan fingerprint density at radius 3 is 2.09 bits per heavy atom. The lowest BCUT2D eigenvalue weighted by atomic mass is 9.69. The first-order valence-corrected chi connectivity index (χ1v) is 11.4. The van der Waals surface area contributed by atoms with E-state index in [4.69, 9.17) is 5.73 Å². The molecule has 34 heavy (non-hydrogen) atoms. The minimum Gasteiger partial charge on any atom is -0.376 e. The molecule has 0 spiro atoms. The Morgan fingerprint density at radius 2 is 1.62 bits per heavy atom. The molecule has 182 valence electrons. The first kappa shape index (κ1) is 24.2. The van der Waals surface area contributed by atoms with E-state index in [1.54, 1.807) is 18.3 Å². The van der Waals surface area contributed by atoms with Gasteiger partial charge in [0.1, 0.15) is 0 Å². The highest BCUT2D eigenvalue weighted by atomic mass is 19.4. The van der Waals surface area contributed by atoms with Gasteiger partial charge in [0.05, 0.1) is 11.1 Å². The van der Waals surface area contributed by atoms with Crippen LogP contribution in [0.15, 0.2) is 48.7 Å². The van der Waals surface area contributed by atoms with Crippen molar-refractivity contribution in [1.82, 2.24) is 9.88 Å². The highest BCUT2D eigenvalue weighted by Gasteiger charge is 2.51. The van der Waals surface area contributed by atoms with Crippen molar-refractivity contribution in [2.45, 2.75) is 74.7 Å². The van der Waals surface area contributed by atoms with Gasteiger partial charge in [-0.1, -0.05) is 18.2 Å². The van der Waals surface area contributed by atoms with Crippen LogP contribution in [0.25, 0.3) is 0 Å². The minimum absolute atomic E-state index is 0.0754. The number of primary amides is 1. The van der Waals surface area contributed by atoms with E-state index in [0.29, 0.717) is 38.3 Å². The van der Waals surface area contributed by atoms with Crippen molar-refractivity contribution in [1.29, 1.82) is 0 Å². The number of aliphatic hydroxyl groups is 1. The Kier molecular flexibility index (Phi) is 6.18. The van der Waals surface area contributed by atoms with Crippen LogP contribution >= 0.6 is 0 Å². The number of carbonyl (C=O) groups is 2. The third kappa shape index (κ3) is 4.29. The Bertz CT molecular complexity index is 1040. The zero-order chi connectivity index (χ0) is 24.7. The topological polar surface area (TPSA) is 96.5 Å². The number of alkyl halides is 3. The van der Waals surface area contributed by atoms with E-state index < -0.39 is 23.1 Å². The molecule has 0 saturated heterocycles. The number of carbonyl (C=O) groups excluding carboxylic acids is 2. The molecule has 0 bridgehead atoms. The van der Waals surface area contributed by atoms with E-state index in [0.717, 1.165) is 25.0 Å². The fourth-order valence-electron chi connectivity index (χ4n) is 4.88. The fourth-order valence-corrected chi connectivity index (χ4v) is 4.88. The predicted octanol–water partition coefficient (Wildman–Crippen LogP) is 3.82. The van der Waals surface area contributed by atoms with Crippen LogP contribution in [0, 0.1) is 0 Å². The number of hydrogen-bond acceptors (Lipinski definition) is 4. The zero-order valence-corrected chi connectivity index (χ0v) is 18.9. The maximum absolute atomic E-state index is 13.4. The van der Waals surface area contributed by atoms with Crippen LogP contribution in [0.4, 0.5) is 13.2 Å². The second-order valence-electron chi connectivity index (χ2n) is 9.48. The van der Waals surface area contributed by atoms with Gasteiger partial charge < -0.3 is 15.7 Å². The van der Waals surface area contributed by atoms with Crippen molar-refractivity contribution >= 4 is 11.8 Å². The number of hydrogen-bond donors (Lipinski definition) is 2. The second kappa shape index (κ2) is 8.69. The van der Waals surface area contributed by atoms with Gasteiger partial charge in [0, 0.05) is 23.8 Å². The molecule has 1 heterocycles. The Morgan fingerprint density at radius 1 is 1.03 bits per heavy atom. The van der Waals surface area contributed by atoms with Gasteiger partial charge in [-0.3, -0.25) is 14.6 Å². The average Bonchev–Trinajstić information content (AvgIpc) is 3.64. The molecule has 1 atom stereocenters. The molecule has 4 rings (SSSR count). The van der Waals surface area contributed by atoms with Crippen LogP contribution in [0.1, 0.15) is 67.1 Å². The summed E-state index contributed by atoms with van der Waals surface area (Å²) >= 11 is 0. The number of benzene rings is 1. The summed E-state index contributed by atoms with van der Waals surface area (Å²) < 4.78 is 39.4. The molecule has 2 aromatic rings. The molecule has 2 fully saturated rings. The lowest BCUT2D eigenvalue weighted by Gasteiger charge is -2.42. The third-order valence-corrected chi connectivity index (χ3v) is 7.25. The fraction of sp³-hybridized carbons (Fsp3) is 0.480. The molecular weight excluding hydrogens is 447 g/mol. The molecule has 0 aliphatic heterocycles.